The van der Waals surface area contributed by atoms with Gasteiger partial charge in [0.1, 0.15) is 10.7 Å². The Bertz CT molecular complexity index is 627. The molecule has 0 aromatic heterocycles. The second-order valence-corrected chi connectivity index (χ2v) is 6.57. The largest absolute Gasteiger partial charge is 0.315 e. The van der Waals surface area contributed by atoms with Crippen molar-refractivity contribution in [3.63, 3.8) is 0 Å². The van der Waals surface area contributed by atoms with Crippen LogP contribution in [0.15, 0.2) is 23.1 Å². The van der Waals surface area contributed by atoms with Gasteiger partial charge in [0.15, 0.2) is 0 Å². The fourth-order valence-corrected chi connectivity index (χ4v) is 3.55. The molecule has 2 N–H and O–H groups in total. The predicted octanol–water partition coefficient (Wildman–Crippen LogP) is 1.15. The molecule has 1 fully saturated rings. The zero-order valence-corrected chi connectivity index (χ0v) is 12.0. The van der Waals surface area contributed by atoms with E-state index < -0.39 is 31.3 Å². The molecular weight excluding hydrogens is 301 g/mol. The Kier molecular flexibility index (Phi) is 4.86. The van der Waals surface area contributed by atoms with Crippen LogP contribution in [-0.2, 0) is 10.0 Å². The highest BCUT2D eigenvalue weighted by Crippen LogP contribution is 2.21. The van der Waals surface area contributed by atoms with Crippen LogP contribution >= 0.6 is 0 Å². The molecule has 0 saturated carbocycles. The van der Waals surface area contributed by atoms with E-state index in [1.54, 1.807) is 0 Å². The van der Waals surface area contributed by atoms with Crippen LogP contribution in [0.5, 0.6) is 0 Å². The Hall–Kier alpha value is -1.58. The Morgan fingerprint density at radius 1 is 1.38 bits per heavy atom. The molecule has 1 unspecified atom stereocenters. The fraction of sp³-hybridized carbons (Fsp3) is 0.500. The number of rotatable bonds is 4. The molecule has 0 radical (unpaired) electrons. The summed E-state index contributed by atoms with van der Waals surface area (Å²) in [5.74, 6) is -1.13. The summed E-state index contributed by atoms with van der Waals surface area (Å²) in [7, 11) is -4.04. The lowest BCUT2D eigenvalue weighted by Crippen LogP contribution is -2.41. The van der Waals surface area contributed by atoms with E-state index in [0.717, 1.165) is 31.5 Å². The van der Waals surface area contributed by atoms with Crippen molar-refractivity contribution in [2.75, 3.05) is 13.1 Å². The summed E-state index contributed by atoms with van der Waals surface area (Å²) in [5, 5.41) is 13.6. The molecule has 2 rings (SSSR count). The number of nitrogens with one attached hydrogen (secondary N) is 2. The zero-order chi connectivity index (χ0) is 15.5. The topological polar surface area (TPSA) is 101 Å². The van der Waals surface area contributed by atoms with Crippen molar-refractivity contribution in [1.29, 1.82) is 0 Å². The van der Waals surface area contributed by atoms with E-state index in [4.69, 9.17) is 0 Å². The third kappa shape index (κ3) is 3.96. The number of nitrogens with zero attached hydrogens (tertiary/aromatic N) is 1. The standard InChI is InChI=1S/C12H16FN3O4S/c13-11-7-10(16(17)18)4-5-12(11)21(19,20)15-9-3-1-2-6-14-8-9/h4-5,7,9,14-15H,1-3,6,8H2. The molecule has 0 bridgehead atoms. The lowest BCUT2D eigenvalue weighted by atomic mass is 10.2. The molecule has 21 heavy (non-hydrogen) atoms. The smallest absolute Gasteiger partial charge is 0.272 e. The number of nitro benzene ring substituents is 1. The van der Waals surface area contributed by atoms with Gasteiger partial charge in [0.2, 0.25) is 10.0 Å². The van der Waals surface area contributed by atoms with Gasteiger partial charge < -0.3 is 5.32 Å². The van der Waals surface area contributed by atoms with E-state index in [0.29, 0.717) is 19.0 Å². The maximum Gasteiger partial charge on any atom is 0.272 e. The van der Waals surface area contributed by atoms with Crippen LogP contribution in [0.2, 0.25) is 0 Å². The average Bonchev–Trinajstić information content (AvgIpc) is 2.66. The Labute approximate surface area is 121 Å². The van der Waals surface area contributed by atoms with E-state index in [2.05, 4.69) is 10.0 Å². The van der Waals surface area contributed by atoms with Crippen LogP contribution in [0.1, 0.15) is 19.3 Å². The molecule has 0 aliphatic carbocycles. The molecule has 1 saturated heterocycles. The van der Waals surface area contributed by atoms with Gasteiger partial charge in [-0.25, -0.2) is 17.5 Å². The monoisotopic (exact) mass is 317 g/mol. The van der Waals surface area contributed by atoms with Crippen LogP contribution in [0.25, 0.3) is 0 Å². The van der Waals surface area contributed by atoms with Gasteiger partial charge in [-0.2, -0.15) is 0 Å². The van der Waals surface area contributed by atoms with Gasteiger partial charge in [0, 0.05) is 18.7 Å². The summed E-state index contributed by atoms with van der Waals surface area (Å²) < 4.78 is 40.6. The van der Waals surface area contributed by atoms with Crippen molar-refractivity contribution in [1.82, 2.24) is 10.0 Å². The van der Waals surface area contributed by atoms with Gasteiger partial charge in [0.05, 0.1) is 11.0 Å². The lowest BCUT2D eigenvalue weighted by molar-refractivity contribution is -0.385. The highest BCUT2D eigenvalue weighted by atomic mass is 32.2. The number of benzene rings is 1. The first kappa shape index (κ1) is 15.8. The summed E-state index contributed by atoms with van der Waals surface area (Å²) in [6.45, 7) is 1.30. The predicted molar refractivity (Wildman–Crippen MR) is 73.9 cm³/mol. The quantitative estimate of drug-likeness (QED) is 0.641. The molecule has 1 aliphatic rings. The Balaban J connectivity index is 2.20. The molecule has 116 valence electrons. The number of hydrogen-bond donors (Lipinski definition) is 2. The second-order valence-electron chi connectivity index (χ2n) is 4.89. The minimum atomic E-state index is -4.04. The highest BCUT2D eigenvalue weighted by Gasteiger charge is 2.25. The van der Waals surface area contributed by atoms with Crippen LogP contribution in [0.4, 0.5) is 10.1 Å². The van der Waals surface area contributed by atoms with Gasteiger partial charge in [-0.05, 0) is 25.5 Å². The third-order valence-corrected chi connectivity index (χ3v) is 4.84. The molecule has 9 heteroatoms. The molecule has 1 aliphatic heterocycles. The molecule has 7 nitrogen and oxygen atoms in total. The number of non-ortho nitro benzene ring substituents is 1. The maximum absolute atomic E-state index is 13.8. The van der Waals surface area contributed by atoms with E-state index in [9.17, 15) is 22.9 Å². The van der Waals surface area contributed by atoms with Crippen LogP contribution in [0, 0.1) is 15.9 Å². The molecular formula is C12H16FN3O4S. The fourth-order valence-electron chi connectivity index (χ4n) is 2.22. The first-order valence-electron chi connectivity index (χ1n) is 6.57. The van der Waals surface area contributed by atoms with Gasteiger partial charge in [0.25, 0.3) is 5.69 Å². The molecule has 1 aromatic carbocycles. The lowest BCUT2D eigenvalue weighted by Gasteiger charge is -2.16. The van der Waals surface area contributed by atoms with Gasteiger partial charge >= 0.3 is 0 Å². The van der Waals surface area contributed by atoms with Crippen LogP contribution in [0.3, 0.4) is 0 Å². The average molecular weight is 317 g/mol. The summed E-state index contributed by atoms with van der Waals surface area (Å²) in [6, 6.07) is 2.19. The number of nitro groups is 1. The van der Waals surface area contributed by atoms with Crippen molar-refractivity contribution in [3.8, 4) is 0 Å². The SMILES string of the molecule is O=[N+]([O-])c1ccc(S(=O)(=O)NC2CCCCNC2)c(F)c1. The summed E-state index contributed by atoms with van der Waals surface area (Å²) in [6.07, 6.45) is 2.51. The molecule has 1 aromatic rings. The zero-order valence-electron chi connectivity index (χ0n) is 11.2. The minimum Gasteiger partial charge on any atom is -0.315 e. The maximum atomic E-state index is 13.8. The molecule has 1 atom stereocenters. The van der Waals surface area contributed by atoms with Crippen molar-refractivity contribution in [3.05, 3.63) is 34.1 Å². The van der Waals surface area contributed by atoms with Gasteiger partial charge in [-0.1, -0.05) is 6.42 Å². The summed E-state index contributed by atoms with van der Waals surface area (Å²) in [5.41, 5.74) is -0.484. The number of sulfonamides is 1. The van der Waals surface area contributed by atoms with Crippen LogP contribution < -0.4 is 10.0 Å². The van der Waals surface area contributed by atoms with E-state index >= 15 is 0 Å². The normalized spacial score (nSPS) is 20.0. The van der Waals surface area contributed by atoms with Gasteiger partial charge in [-0.15, -0.1) is 0 Å². The van der Waals surface area contributed by atoms with Crippen molar-refractivity contribution >= 4 is 15.7 Å². The van der Waals surface area contributed by atoms with Gasteiger partial charge in [-0.3, -0.25) is 10.1 Å². The summed E-state index contributed by atoms with van der Waals surface area (Å²) in [4.78, 5) is 9.19. The highest BCUT2D eigenvalue weighted by molar-refractivity contribution is 7.89. The van der Waals surface area contributed by atoms with Crippen molar-refractivity contribution in [2.45, 2.75) is 30.2 Å². The third-order valence-electron chi connectivity index (χ3n) is 3.28. The van der Waals surface area contributed by atoms with Crippen molar-refractivity contribution in [2.24, 2.45) is 0 Å². The van der Waals surface area contributed by atoms with E-state index in [1.165, 1.54) is 0 Å². The molecule has 0 amide bonds. The van der Waals surface area contributed by atoms with E-state index in [1.807, 2.05) is 0 Å². The van der Waals surface area contributed by atoms with Crippen LogP contribution in [-0.4, -0.2) is 32.5 Å². The first-order chi connectivity index (χ1) is 9.90. The number of halogens is 1. The van der Waals surface area contributed by atoms with E-state index in [-0.39, 0.29) is 6.04 Å². The molecule has 0 spiro atoms. The Morgan fingerprint density at radius 2 is 2.14 bits per heavy atom. The first-order valence-corrected chi connectivity index (χ1v) is 8.05. The number of hydrogen-bond acceptors (Lipinski definition) is 5. The Morgan fingerprint density at radius 3 is 2.81 bits per heavy atom. The minimum absolute atomic E-state index is 0.313. The summed E-state index contributed by atoms with van der Waals surface area (Å²) >= 11 is 0. The second kappa shape index (κ2) is 6.46. The molecule has 1 heterocycles. The van der Waals surface area contributed by atoms with Crippen molar-refractivity contribution < 1.29 is 17.7 Å².